The van der Waals surface area contributed by atoms with Gasteiger partial charge in [0, 0.05) is 23.5 Å². The van der Waals surface area contributed by atoms with Gasteiger partial charge in [0.1, 0.15) is 17.8 Å². The Morgan fingerprint density at radius 2 is 1.55 bits per heavy atom. The Hall–Kier alpha value is -4.45. The highest BCUT2D eigenvalue weighted by atomic mass is 16.5. The van der Waals surface area contributed by atoms with E-state index in [9.17, 15) is 9.59 Å². The van der Waals surface area contributed by atoms with Gasteiger partial charge in [0.05, 0.1) is 13.2 Å². The monoisotopic (exact) mass is 533 g/mol. The first-order chi connectivity index (χ1) is 19.6. The molecule has 0 spiro atoms. The van der Waals surface area contributed by atoms with Gasteiger partial charge in [-0.05, 0) is 91.3 Å². The molecule has 0 radical (unpaired) electrons. The number of nitrogens with zero attached hydrogens (tertiary/aromatic N) is 1. The number of aromatic nitrogens is 1. The van der Waals surface area contributed by atoms with Gasteiger partial charge < -0.3 is 14.2 Å². The van der Waals surface area contributed by atoms with E-state index in [0.29, 0.717) is 40.5 Å². The number of hydrogen-bond donors (Lipinski definition) is 0. The van der Waals surface area contributed by atoms with Gasteiger partial charge >= 0.3 is 0 Å². The van der Waals surface area contributed by atoms with Crippen LogP contribution in [-0.4, -0.2) is 29.8 Å². The van der Waals surface area contributed by atoms with Gasteiger partial charge in [-0.15, -0.1) is 0 Å². The van der Waals surface area contributed by atoms with Crippen molar-refractivity contribution in [3.8, 4) is 17.2 Å². The zero-order chi connectivity index (χ0) is 27.5. The number of rotatable bonds is 9. The SMILES string of the molecule is COc1ccc(C2(Cc3ccncc3)C(=O)c3ccc(OCc4ccccc4)cc3C2=O)cc1OC1CCCC1. The highest BCUT2D eigenvalue weighted by Crippen LogP contribution is 2.46. The Kier molecular flexibility index (Phi) is 7.08. The van der Waals surface area contributed by atoms with Crippen LogP contribution in [0.4, 0.5) is 0 Å². The van der Waals surface area contributed by atoms with Crippen molar-refractivity contribution >= 4 is 11.6 Å². The summed E-state index contributed by atoms with van der Waals surface area (Å²) in [5, 5.41) is 0. The molecule has 202 valence electrons. The molecule has 1 fully saturated rings. The average Bonchev–Trinajstić information content (AvgIpc) is 3.58. The molecule has 1 saturated carbocycles. The molecule has 0 bridgehead atoms. The molecule has 0 amide bonds. The fourth-order valence-corrected chi connectivity index (χ4v) is 5.85. The van der Waals surface area contributed by atoms with Crippen molar-refractivity contribution in [1.29, 1.82) is 0 Å². The molecule has 40 heavy (non-hydrogen) atoms. The van der Waals surface area contributed by atoms with E-state index in [1.807, 2.05) is 54.6 Å². The van der Waals surface area contributed by atoms with Crippen LogP contribution in [-0.2, 0) is 18.4 Å². The zero-order valence-electron chi connectivity index (χ0n) is 22.5. The lowest BCUT2D eigenvalue weighted by molar-refractivity contribution is 0.0792. The first kappa shape index (κ1) is 25.8. The number of hydrogen-bond acceptors (Lipinski definition) is 6. The minimum Gasteiger partial charge on any atom is -0.493 e. The lowest BCUT2D eigenvalue weighted by Gasteiger charge is -2.28. The molecule has 1 unspecified atom stereocenters. The lowest BCUT2D eigenvalue weighted by atomic mass is 9.71. The van der Waals surface area contributed by atoms with Crippen LogP contribution in [0.1, 0.15) is 63.1 Å². The molecule has 0 N–H and O–H groups in total. The maximum Gasteiger partial charge on any atom is 0.182 e. The summed E-state index contributed by atoms with van der Waals surface area (Å²) in [5.74, 6) is 1.22. The summed E-state index contributed by atoms with van der Waals surface area (Å²) in [5.41, 5.74) is 1.79. The van der Waals surface area contributed by atoms with Crippen molar-refractivity contribution < 1.29 is 23.8 Å². The number of ketones is 2. The van der Waals surface area contributed by atoms with Crippen LogP contribution in [0.15, 0.2) is 91.3 Å². The Labute approximate surface area is 233 Å². The molecule has 2 aliphatic carbocycles. The number of carbonyl (C=O) groups excluding carboxylic acids is 2. The molecule has 0 aliphatic heterocycles. The fraction of sp³-hybridized carbons (Fsp3) is 0.265. The third kappa shape index (κ3) is 4.75. The second-order valence-electron chi connectivity index (χ2n) is 10.5. The summed E-state index contributed by atoms with van der Waals surface area (Å²) in [6.07, 6.45) is 7.86. The van der Waals surface area contributed by atoms with Crippen molar-refractivity contribution in [2.45, 2.75) is 50.2 Å². The normalized spacial score (nSPS) is 18.5. The van der Waals surface area contributed by atoms with Crippen LogP contribution in [0.5, 0.6) is 17.2 Å². The topological polar surface area (TPSA) is 74.7 Å². The van der Waals surface area contributed by atoms with Gasteiger partial charge in [-0.25, -0.2) is 0 Å². The van der Waals surface area contributed by atoms with Crippen molar-refractivity contribution in [3.63, 3.8) is 0 Å². The van der Waals surface area contributed by atoms with E-state index in [1.165, 1.54) is 0 Å². The van der Waals surface area contributed by atoms with Crippen LogP contribution >= 0.6 is 0 Å². The Bertz CT molecular complexity index is 1530. The average molecular weight is 534 g/mol. The van der Waals surface area contributed by atoms with E-state index in [2.05, 4.69) is 4.98 Å². The van der Waals surface area contributed by atoms with Gasteiger partial charge in [-0.2, -0.15) is 0 Å². The molecule has 1 heterocycles. The van der Waals surface area contributed by atoms with Gasteiger partial charge in [0.25, 0.3) is 0 Å². The molecule has 2 aliphatic rings. The molecule has 6 rings (SSSR count). The van der Waals surface area contributed by atoms with E-state index < -0.39 is 5.41 Å². The molecular formula is C34H31NO5. The largest absolute Gasteiger partial charge is 0.493 e. The van der Waals surface area contributed by atoms with Gasteiger partial charge in [-0.3, -0.25) is 14.6 Å². The molecule has 1 aromatic heterocycles. The molecular weight excluding hydrogens is 502 g/mol. The van der Waals surface area contributed by atoms with E-state index >= 15 is 0 Å². The predicted octanol–water partition coefficient (Wildman–Crippen LogP) is 6.55. The fourth-order valence-electron chi connectivity index (χ4n) is 5.85. The van der Waals surface area contributed by atoms with Gasteiger partial charge in [0.2, 0.25) is 0 Å². The summed E-state index contributed by atoms with van der Waals surface area (Å²) in [7, 11) is 1.60. The number of ether oxygens (including phenoxy) is 3. The third-order valence-electron chi connectivity index (χ3n) is 7.97. The van der Waals surface area contributed by atoms with Crippen molar-refractivity contribution in [3.05, 3.63) is 119 Å². The minimum atomic E-state index is -1.44. The molecule has 1 atom stereocenters. The van der Waals surface area contributed by atoms with Crippen LogP contribution < -0.4 is 14.2 Å². The quantitative estimate of drug-likeness (QED) is 0.227. The van der Waals surface area contributed by atoms with Crippen molar-refractivity contribution in [1.82, 2.24) is 4.98 Å². The second-order valence-corrected chi connectivity index (χ2v) is 10.5. The van der Waals surface area contributed by atoms with Gasteiger partial charge in [-0.1, -0.05) is 36.4 Å². The molecule has 3 aromatic carbocycles. The highest BCUT2D eigenvalue weighted by Gasteiger charge is 2.54. The third-order valence-corrected chi connectivity index (χ3v) is 7.97. The number of Topliss-reactive ketones (excluding diaryl/α,β-unsaturated/α-hetero) is 2. The number of pyridine rings is 1. The van der Waals surface area contributed by atoms with Crippen molar-refractivity contribution in [2.24, 2.45) is 0 Å². The van der Waals surface area contributed by atoms with E-state index in [0.717, 1.165) is 36.8 Å². The summed E-state index contributed by atoms with van der Waals surface area (Å²) >= 11 is 0. The number of benzene rings is 3. The van der Waals surface area contributed by atoms with E-state index in [-0.39, 0.29) is 24.1 Å². The summed E-state index contributed by atoms with van der Waals surface area (Å²) in [6.45, 7) is 0.365. The minimum absolute atomic E-state index is 0.0943. The van der Waals surface area contributed by atoms with Crippen LogP contribution in [0.3, 0.4) is 0 Å². The Morgan fingerprint density at radius 1 is 0.800 bits per heavy atom. The lowest BCUT2D eigenvalue weighted by Crippen LogP contribution is -2.40. The Balaban J connectivity index is 1.40. The molecule has 4 aromatic rings. The number of fused-ring (bicyclic) bond motifs is 1. The highest BCUT2D eigenvalue weighted by molar-refractivity contribution is 6.33. The molecule has 6 heteroatoms. The molecule has 0 saturated heterocycles. The summed E-state index contributed by atoms with van der Waals surface area (Å²) in [6, 6.07) is 24.1. The van der Waals surface area contributed by atoms with E-state index in [1.54, 1.807) is 43.8 Å². The Morgan fingerprint density at radius 3 is 2.30 bits per heavy atom. The maximum absolute atomic E-state index is 14.4. The first-order valence-electron chi connectivity index (χ1n) is 13.7. The summed E-state index contributed by atoms with van der Waals surface area (Å²) in [4.78, 5) is 32.8. The van der Waals surface area contributed by atoms with Crippen molar-refractivity contribution in [2.75, 3.05) is 7.11 Å². The molecule has 6 nitrogen and oxygen atoms in total. The maximum atomic E-state index is 14.4. The predicted molar refractivity (Wildman–Crippen MR) is 151 cm³/mol. The van der Waals surface area contributed by atoms with Crippen LogP contribution in [0.25, 0.3) is 0 Å². The van der Waals surface area contributed by atoms with Gasteiger partial charge in [0.15, 0.2) is 23.1 Å². The number of methoxy groups -OCH3 is 1. The smallest absolute Gasteiger partial charge is 0.182 e. The van der Waals surface area contributed by atoms with Crippen LogP contribution in [0, 0.1) is 0 Å². The second kappa shape index (κ2) is 11.0. The first-order valence-corrected chi connectivity index (χ1v) is 13.7. The van der Waals surface area contributed by atoms with E-state index in [4.69, 9.17) is 14.2 Å². The number of carbonyl (C=O) groups is 2. The van der Waals surface area contributed by atoms with Crippen LogP contribution in [0.2, 0.25) is 0 Å². The summed E-state index contributed by atoms with van der Waals surface area (Å²) < 4.78 is 18.0. The zero-order valence-corrected chi connectivity index (χ0v) is 22.5. The standard InChI is InChI=1S/C34H31NO5/c1-38-30-14-11-25(19-31(30)40-26-9-5-6-10-26)34(21-23-15-17-35-18-16-23)32(36)28-13-12-27(20-29(28)33(34)37)39-22-24-7-3-2-4-8-24/h2-4,7-8,11-20,26H,5-6,9-10,21-22H2,1H3.